The van der Waals surface area contributed by atoms with Crippen LogP contribution in [0.2, 0.25) is 0 Å². The van der Waals surface area contributed by atoms with E-state index in [1.807, 2.05) is 31.2 Å². The molecule has 2 N–H and O–H groups in total. The van der Waals surface area contributed by atoms with E-state index in [4.69, 9.17) is 5.73 Å². The summed E-state index contributed by atoms with van der Waals surface area (Å²) in [6.45, 7) is 1.94. The average Bonchev–Trinajstić information content (AvgIpc) is 3.11. The second kappa shape index (κ2) is 6.03. The van der Waals surface area contributed by atoms with Gasteiger partial charge in [0, 0.05) is 12.6 Å². The molecular formula is C17H14F3N3OS. The summed E-state index contributed by atoms with van der Waals surface area (Å²) in [5.74, 6) is -1.15. The lowest BCUT2D eigenvalue weighted by Gasteiger charge is -2.08. The SMILES string of the molecule is Cc1ccc(-c2ccsc2-c2c(C(N)=O)c(C(F)(F)F)nn2C)cc1. The second-order valence-electron chi connectivity index (χ2n) is 5.59. The van der Waals surface area contributed by atoms with E-state index in [0.717, 1.165) is 21.4 Å². The maximum atomic E-state index is 13.2. The van der Waals surface area contributed by atoms with Crippen molar-refractivity contribution in [3.05, 3.63) is 52.5 Å². The quantitative estimate of drug-likeness (QED) is 0.755. The van der Waals surface area contributed by atoms with E-state index in [1.54, 1.807) is 11.4 Å². The van der Waals surface area contributed by atoms with Gasteiger partial charge in [-0.25, -0.2) is 0 Å². The van der Waals surface area contributed by atoms with Gasteiger partial charge in [0.1, 0.15) is 0 Å². The Bertz CT molecular complexity index is 939. The first kappa shape index (κ1) is 17.2. The number of hydrogen-bond donors (Lipinski definition) is 1. The highest BCUT2D eigenvalue weighted by atomic mass is 32.1. The van der Waals surface area contributed by atoms with Crippen LogP contribution in [-0.4, -0.2) is 15.7 Å². The summed E-state index contributed by atoms with van der Waals surface area (Å²) in [6.07, 6.45) is -4.76. The molecule has 0 unspecified atom stereocenters. The maximum Gasteiger partial charge on any atom is 0.435 e. The molecule has 3 aromatic rings. The molecule has 0 radical (unpaired) electrons. The number of aryl methyl sites for hydroxylation is 2. The highest BCUT2D eigenvalue weighted by Gasteiger charge is 2.41. The van der Waals surface area contributed by atoms with Crippen LogP contribution in [-0.2, 0) is 13.2 Å². The molecule has 0 fully saturated rings. The van der Waals surface area contributed by atoms with Crippen LogP contribution < -0.4 is 5.73 Å². The van der Waals surface area contributed by atoms with Crippen molar-refractivity contribution >= 4 is 17.2 Å². The van der Waals surface area contributed by atoms with Crippen LogP contribution in [0.5, 0.6) is 0 Å². The Morgan fingerprint density at radius 1 is 1.20 bits per heavy atom. The summed E-state index contributed by atoms with van der Waals surface area (Å²) in [5, 5.41) is 5.26. The first-order valence-electron chi connectivity index (χ1n) is 7.29. The minimum Gasteiger partial charge on any atom is -0.365 e. The smallest absolute Gasteiger partial charge is 0.365 e. The van der Waals surface area contributed by atoms with Crippen LogP contribution >= 0.6 is 11.3 Å². The number of rotatable bonds is 3. The van der Waals surface area contributed by atoms with Crippen molar-refractivity contribution in [1.29, 1.82) is 0 Å². The Morgan fingerprint density at radius 2 is 1.84 bits per heavy atom. The fraction of sp³-hybridized carbons (Fsp3) is 0.176. The Balaban J connectivity index is 2.26. The summed E-state index contributed by atoms with van der Waals surface area (Å²) in [4.78, 5) is 12.3. The van der Waals surface area contributed by atoms with E-state index in [-0.39, 0.29) is 5.69 Å². The van der Waals surface area contributed by atoms with Crippen molar-refractivity contribution in [3.63, 3.8) is 0 Å². The highest BCUT2D eigenvalue weighted by molar-refractivity contribution is 7.14. The van der Waals surface area contributed by atoms with Gasteiger partial charge in [0.2, 0.25) is 0 Å². The molecule has 0 atom stereocenters. The minimum absolute atomic E-state index is 0.0744. The molecule has 1 aromatic carbocycles. The van der Waals surface area contributed by atoms with Crippen LogP contribution in [0.15, 0.2) is 35.7 Å². The molecular weight excluding hydrogens is 351 g/mol. The molecule has 0 bridgehead atoms. The van der Waals surface area contributed by atoms with Crippen LogP contribution in [0.4, 0.5) is 13.2 Å². The molecule has 2 aromatic heterocycles. The molecule has 0 aliphatic carbocycles. The standard InChI is InChI=1S/C17H14F3N3OS/c1-9-3-5-10(6-4-9)11-7-8-25-14(11)13-12(16(21)24)15(17(18,19)20)22-23(13)2/h3-8H,1-2H3,(H2,21,24). The number of carbonyl (C=O) groups is 1. The van der Waals surface area contributed by atoms with E-state index in [0.29, 0.717) is 4.88 Å². The first-order valence-corrected chi connectivity index (χ1v) is 8.17. The Labute approximate surface area is 145 Å². The molecule has 3 rings (SSSR count). The van der Waals surface area contributed by atoms with Gasteiger partial charge in [-0.05, 0) is 23.9 Å². The fourth-order valence-electron chi connectivity index (χ4n) is 2.67. The number of aromatic nitrogens is 2. The molecule has 0 spiro atoms. The summed E-state index contributed by atoms with van der Waals surface area (Å²) in [7, 11) is 1.37. The normalized spacial score (nSPS) is 11.7. The van der Waals surface area contributed by atoms with Crippen LogP contribution in [0.25, 0.3) is 21.7 Å². The zero-order valence-corrected chi connectivity index (χ0v) is 14.2. The Kier molecular flexibility index (Phi) is 4.16. The van der Waals surface area contributed by atoms with Gasteiger partial charge in [-0.3, -0.25) is 9.48 Å². The number of amides is 1. The number of primary amides is 1. The number of carbonyl (C=O) groups excluding carboxylic acids is 1. The van der Waals surface area contributed by atoms with Crippen LogP contribution in [0, 0.1) is 6.92 Å². The predicted molar refractivity (Wildman–Crippen MR) is 90.2 cm³/mol. The highest BCUT2D eigenvalue weighted by Crippen LogP contribution is 2.42. The van der Waals surface area contributed by atoms with E-state index in [9.17, 15) is 18.0 Å². The molecule has 1 amide bonds. The number of nitrogens with two attached hydrogens (primary N) is 1. The van der Waals surface area contributed by atoms with Crippen molar-refractivity contribution in [2.45, 2.75) is 13.1 Å². The molecule has 2 heterocycles. The lowest BCUT2D eigenvalue weighted by Crippen LogP contribution is -2.18. The third kappa shape index (κ3) is 3.05. The third-order valence-corrected chi connectivity index (χ3v) is 4.73. The van der Waals surface area contributed by atoms with Gasteiger partial charge in [0.25, 0.3) is 5.91 Å². The Hall–Kier alpha value is -2.61. The third-order valence-electron chi connectivity index (χ3n) is 3.80. The Morgan fingerprint density at radius 3 is 2.40 bits per heavy atom. The lowest BCUT2D eigenvalue weighted by atomic mass is 10.0. The summed E-state index contributed by atoms with van der Waals surface area (Å²) in [6, 6.07) is 9.39. The summed E-state index contributed by atoms with van der Waals surface area (Å²) in [5.41, 5.74) is 6.09. The number of alkyl halides is 3. The van der Waals surface area contributed by atoms with Gasteiger partial charge in [-0.1, -0.05) is 29.8 Å². The molecule has 0 saturated heterocycles. The number of nitrogens with zero attached hydrogens (tertiary/aromatic N) is 2. The van der Waals surface area contributed by atoms with Crippen molar-refractivity contribution in [1.82, 2.24) is 9.78 Å². The number of hydrogen-bond acceptors (Lipinski definition) is 3. The van der Waals surface area contributed by atoms with Gasteiger partial charge in [0.15, 0.2) is 5.69 Å². The molecule has 0 aliphatic heterocycles. The maximum absolute atomic E-state index is 13.2. The van der Waals surface area contributed by atoms with Crippen molar-refractivity contribution in [2.24, 2.45) is 12.8 Å². The van der Waals surface area contributed by atoms with E-state index >= 15 is 0 Å². The van der Waals surface area contributed by atoms with Crippen molar-refractivity contribution in [2.75, 3.05) is 0 Å². The summed E-state index contributed by atoms with van der Waals surface area (Å²) < 4.78 is 40.8. The molecule has 0 saturated carbocycles. The number of halogens is 3. The van der Waals surface area contributed by atoms with Gasteiger partial charge >= 0.3 is 6.18 Å². The van der Waals surface area contributed by atoms with Crippen LogP contribution in [0.1, 0.15) is 21.6 Å². The van der Waals surface area contributed by atoms with Crippen molar-refractivity contribution in [3.8, 4) is 21.7 Å². The molecule has 8 heteroatoms. The molecule has 130 valence electrons. The van der Waals surface area contributed by atoms with Gasteiger partial charge in [-0.15, -0.1) is 11.3 Å². The first-order chi connectivity index (χ1) is 11.7. The average molecular weight is 365 g/mol. The lowest BCUT2D eigenvalue weighted by molar-refractivity contribution is -0.141. The van der Waals surface area contributed by atoms with Gasteiger partial charge in [0.05, 0.1) is 16.1 Å². The summed E-state index contributed by atoms with van der Waals surface area (Å²) >= 11 is 1.24. The zero-order valence-electron chi connectivity index (χ0n) is 13.4. The minimum atomic E-state index is -4.76. The van der Waals surface area contributed by atoms with E-state index < -0.39 is 23.3 Å². The van der Waals surface area contributed by atoms with Crippen molar-refractivity contribution < 1.29 is 18.0 Å². The fourth-order valence-corrected chi connectivity index (χ4v) is 3.67. The largest absolute Gasteiger partial charge is 0.435 e. The van der Waals surface area contributed by atoms with E-state index in [2.05, 4.69) is 5.10 Å². The van der Waals surface area contributed by atoms with E-state index in [1.165, 1.54) is 18.4 Å². The topological polar surface area (TPSA) is 60.9 Å². The molecule has 4 nitrogen and oxygen atoms in total. The molecule has 0 aliphatic rings. The van der Waals surface area contributed by atoms with Crippen LogP contribution in [0.3, 0.4) is 0 Å². The van der Waals surface area contributed by atoms with Gasteiger partial charge in [-0.2, -0.15) is 18.3 Å². The molecule has 25 heavy (non-hydrogen) atoms. The second-order valence-corrected chi connectivity index (χ2v) is 6.50. The zero-order chi connectivity index (χ0) is 18.4. The predicted octanol–water partition coefficient (Wildman–Crippen LogP) is 4.24. The van der Waals surface area contributed by atoms with Gasteiger partial charge < -0.3 is 5.73 Å². The monoisotopic (exact) mass is 365 g/mol. The number of thiophene rings is 1. The number of benzene rings is 1.